The lowest BCUT2D eigenvalue weighted by Gasteiger charge is -2.06. The van der Waals surface area contributed by atoms with Crippen molar-refractivity contribution in [1.82, 2.24) is 4.57 Å². The lowest BCUT2D eigenvalue weighted by Crippen LogP contribution is -2.19. The number of pyridine rings is 1. The maximum atomic E-state index is 11.7. The smallest absolute Gasteiger partial charge is 0.336 e. The van der Waals surface area contributed by atoms with E-state index in [1.165, 1.54) is 10.1 Å². The summed E-state index contributed by atoms with van der Waals surface area (Å²) in [6.45, 7) is 2.73. The highest BCUT2D eigenvalue weighted by atomic mass is 127. The summed E-state index contributed by atoms with van der Waals surface area (Å²) < 4.78 is 3.06. The molecule has 0 amide bonds. The Bertz CT molecular complexity index is 491. The highest BCUT2D eigenvalue weighted by molar-refractivity contribution is 14.1. The van der Waals surface area contributed by atoms with E-state index in [0.29, 0.717) is 12.1 Å². The first-order valence-electron chi connectivity index (χ1n) is 5.34. The molecule has 1 heterocycles. The molecular formula is C12H14INO3. The fourth-order valence-corrected chi connectivity index (χ4v) is 2.05. The van der Waals surface area contributed by atoms with Crippen molar-refractivity contribution in [3.63, 3.8) is 0 Å². The van der Waals surface area contributed by atoms with E-state index in [1.54, 1.807) is 16.8 Å². The lowest BCUT2D eigenvalue weighted by molar-refractivity contribution is -0.130. The van der Waals surface area contributed by atoms with Crippen LogP contribution in [-0.4, -0.2) is 15.6 Å². The predicted molar refractivity (Wildman–Crippen MR) is 75.2 cm³/mol. The van der Waals surface area contributed by atoms with Gasteiger partial charge in [-0.1, -0.05) is 35.9 Å². The van der Waals surface area contributed by atoms with Crippen molar-refractivity contribution in [1.29, 1.82) is 0 Å². The minimum atomic E-state index is -1.02. The average molecular weight is 347 g/mol. The zero-order chi connectivity index (χ0) is 12.8. The zero-order valence-corrected chi connectivity index (χ0v) is 11.7. The minimum Gasteiger partial charge on any atom is -0.478 e. The fraction of sp³-hybridized carbons (Fsp3) is 0.333. The highest BCUT2D eigenvalue weighted by Gasteiger charge is 2.10. The van der Waals surface area contributed by atoms with E-state index in [1.807, 2.05) is 22.6 Å². The SMILES string of the molecule is CCCCn1ccc(C(=CI)C(=O)O)cc1=O. The summed E-state index contributed by atoms with van der Waals surface area (Å²) in [6.07, 6.45) is 3.60. The maximum absolute atomic E-state index is 11.7. The molecule has 0 saturated heterocycles. The summed E-state index contributed by atoms with van der Waals surface area (Å²) in [5.74, 6) is -1.02. The average Bonchev–Trinajstić information content (AvgIpc) is 2.28. The number of halogens is 1. The fourth-order valence-electron chi connectivity index (χ4n) is 1.42. The summed E-state index contributed by atoms with van der Waals surface area (Å²) in [4.78, 5) is 22.6. The van der Waals surface area contributed by atoms with Gasteiger partial charge in [-0.2, -0.15) is 0 Å². The number of carboxylic acid groups (broad SMARTS) is 1. The molecule has 0 aliphatic heterocycles. The van der Waals surface area contributed by atoms with E-state index in [-0.39, 0.29) is 11.1 Å². The number of aliphatic carboxylic acids is 1. The van der Waals surface area contributed by atoms with Crippen molar-refractivity contribution in [2.75, 3.05) is 0 Å². The largest absolute Gasteiger partial charge is 0.478 e. The van der Waals surface area contributed by atoms with Crippen LogP contribution in [-0.2, 0) is 11.3 Å². The van der Waals surface area contributed by atoms with Gasteiger partial charge >= 0.3 is 5.97 Å². The predicted octanol–water partition coefficient (Wildman–Crippen LogP) is 2.51. The van der Waals surface area contributed by atoms with Crippen molar-refractivity contribution in [2.45, 2.75) is 26.3 Å². The zero-order valence-electron chi connectivity index (χ0n) is 9.52. The van der Waals surface area contributed by atoms with Crippen LogP contribution in [0.3, 0.4) is 0 Å². The first-order valence-corrected chi connectivity index (χ1v) is 6.59. The summed E-state index contributed by atoms with van der Waals surface area (Å²) >= 11 is 1.86. The van der Waals surface area contributed by atoms with Gasteiger partial charge in [-0.3, -0.25) is 4.79 Å². The van der Waals surface area contributed by atoms with E-state index >= 15 is 0 Å². The van der Waals surface area contributed by atoms with Gasteiger partial charge in [0.2, 0.25) is 0 Å². The quantitative estimate of drug-likeness (QED) is 0.658. The Labute approximate surface area is 113 Å². The van der Waals surface area contributed by atoms with E-state index in [0.717, 1.165) is 12.8 Å². The van der Waals surface area contributed by atoms with Crippen molar-refractivity contribution in [3.05, 3.63) is 38.3 Å². The Hall–Kier alpha value is -1.11. The molecule has 0 aromatic carbocycles. The van der Waals surface area contributed by atoms with Gasteiger partial charge in [0.1, 0.15) is 0 Å². The Morgan fingerprint density at radius 1 is 1.59 bits per heavy atom. The van der Waals surface area contributed by atoms with Gasteiger partial charge in [0.15, 0.2) is 0 Å². The number of carbonyl (C=O) groups is 1. The Morgan fingerprint density at radius 2 is 2.29 bits per heavy atom. The molecule has 0 aliphatic rings. The van der Waals surface area contributed by atoms with E-state index in [2.05, 4.69) is 6.92 Å². The van der Waals surface area contributed by atoms with Gasteiger partial charge in [-0.25, -0.2) is 4.79 Å². The lowest BCUT2D eigenvalue weighted by atomic mass is 10.1. The summed E-state index contributed by atoms with van der Waals surface area (Å²) in [6, 6.07) is 3.03. The van der Waals surface area contributed by atoms with Crippen molar-refractivity contribution in [2.24, 2.45) is 0 Å². The third kappa shape index (κ3) is 3.69. The van der Waals surface area contributed by atoms with Gasteiger partial charge in [-0.15, -0.1) is 0 Å². The standard InChI is InChI=1S/C12H14INO3/c1-2-3-5-14-6-4-9(7-11(14)15)10(8-13)12(16)17/h4,6-8H,2-3,5H2,1H3,(H,16,17). The van der Waals surface area contributed by atoms with Crippen LogP contribution in [0.15, 0.2) is 27.2 Å². The third-order valence-corrected chi connectivity index (χ3v) is 3.02. The number of nitrogens with zero attached hydrogens (tertiary/aromatic N) is 1. The number of hydrogen-bond donors (Lipinski definition) is 1. The molecular weight excluding hydrogens is 333 g/mol. The van der Waals surface area contributed by atoms with E-state index < -0.39 is 5.97 Å². The first-order chi connectivity index (χ1) is 8.10. The number of aryl methyl sites for hydroxylation is 1. The third-order valence-electron chi connectivity index (χ3n) is 2.40. The van der Waals surface area contributed by atoms with Crippen molar-refractivity contribution < 1.29 is 9.90 Å². The molecule has 0 unspecified atom stereocenters. The van der Waals surface area contributed by atoms with Gasteiger partial charge in [0, 0.05) is 18.8 Å². The second-order valence-electron chi connectivity index (χ2n) is 3.63. The molecule has 0 atom stereocenters. The normalized spacial score (nSPS) is 11.5. The molecule has 0 aliphatic carbocycles. The molecule has 1 aromatic rings. The second-order valence-corrected chi connectivity index (χ2v) is 4.25. The number of carboxylic acids is 1. The van der Waals surface area contributed by atoms with Crippen LogP contribution in [0, 0.1) is 0 Å². The van der Waals surface area contributed by atoms with Crippen LogP contribution in [0.25, 0.3) is 5.57 Å². The first kappa shape index (κ1) is 14.0. The Morgan fingerprint density at radius 3 is 2.76 bits per heavy atom. The molecule has 1 rings (SSSR count). The van der Waals surface area contributed by atoms with Gasteiger partial charge in [0.05, 0.1) is 5.57 Å². The van der Waals surface area contributed by atoms with Crippen molar-refractivity contribution in [3.8, 4) is 0 Å². The monoisotopic (exact) mass is 347 g/mol. The van der Waals surface area contributed by atoms with Gasteiger partial charge in [-0.05, 0) is 22.1 Å². The molecule has 4 nitrogen and oxygen atoms in total. The van der Waals surface area contributed by atoms with Crippen LogP contribution in [0.4, 0.5) is 0 Å². The number of aromatic nitrogens is 1. The molecule has 1 N–H and O–H groups in total. The van der Waals surface area contributed by atoms with Crippen LogP contribution < -0.4 is 5.56 Å². The van der Waals surface area contributed by atoms with Gasteiger partial charge in [0.25, 0.3) is 5.56 Å². The van der Waals surface area contributed by atoms with Crippen LogP contribution in [0.5, 0.6) is 0 Å². The molecule has 0 spiro atoms. The van der Waals surface area contributed by atoms with Crippen LogP contribution in [0.1, 0.15) is 25.3 Å². The summed E-state index contributed by atoms with van der Waals surface area (Å²) in [5.41, 5.74) is 0.433. The molecule has 92 valence electrons. The Kier molecular flexibility index (Phi) is 5.40. The molecule has 17 heavy (non-hydrogen) atoms. The molecule has 0 saturated carbocycles. The highest BCUT2D eigenvalue weighted by Crippen LogP contribution is 2.14. The topological polar surface area (TPSA) is 59.3 Å². The van der Waals surface area contributed by atoms with Crippen LogP contribution >= 0.6 is 22.6 Å². The van der Waals surface area contributed by atoms with Crippen molar-refractivity contribution >= 4 is 34.1 Å². The number of hydrogen-bond acceptors (Lipinski definition) is 2. The van der Waals surface area contributed by atoms with E-state index in [9.17, 15) is 9.59 Å². The second kappa shape index (κ2) is 6.58. The molecule has 5 heteroatoms. The maximum Gasteiger partial charge on any atom is 0.336 e. The number of rotatable bonds is 5. The minimum absolute atomic E-state index is 0.144. The Balaban J connectivity index is 3.04. The van der Waals surface area contributed by atoms with Gasteiger partial charge < -0.3 is 9.67 Å². The van der Waals surface area contributed by atoms with Crippen LogP contribution in [0.2, 0.25) is 0 Å². The molecule has 1 aromatic heterocycles. The molecule has 0 radical (unpaired) electrons. The summed E-state index contributed by atoms with van der Waals surface area (Å²) in [7, 11) is 0. The van der Waals surface area contributed by atoms with E-state index in [4.69, 9.17) is 5.11 Å². The summed E-state index contributed by atoms with van der Waals surface area (Å²) in [5, 5.41) is 8.95. The number of unbranched alkanes of at least 4 members (excludes halogenated alkanes) is 1. The molecule has 0 bridgehead atoms. The molecule has 0 fully saturated rings.